The van der Waals surface area contributed by atoms with Crippen molar-refractivity contribution in [2.24, 2.45) is 0 Å². The van der Waals surface area contributed by atoms with Gasteiger partial charge in [-0.3, -0.25) is 4.98 Å². The molecule has 4 rings (SSSR count). The summed E-state index contributed by atoms with van der Waals surface area (Å²) in [5.74, 6) is 1.62. The zero-order valence-electron chi connectivity index (χ0n) is 13.4. The lowest BCUT2D eigenvalue weighted by Crippen LogP contribution is -2.17. The highest BCUT2D eigenvalue weighted by atomic mass is 16.6. The van der Waals surface area contributed by atoms with Gasteiger partial charge in [0, 0.05) is 24.5 Å². The van der Waals surface area contributed by atoms with Crippen molar-refractivity contribution in [2.45, 2.75) is 13.5 Å². The first-order valence-electron chi connectivity index (χ1n) is 7.88. The Bertz CT molecular complexity index is 860. The number of para-hydroxylation sites is 1. The SMILES string of the molecule is Cc1cnn(-c2ccncc2NCc2cccc3c2OCCO3)c1. The average molecular weight is 322 g/mol. The molecule has 6 nitrogen and oxygen atoms in total. The van der Waals surface area contributed by atoms with E-state index in [4.69, 9.17) is 9.47 Å². The van der Waals surface area contributed by atoms with Gasteiger partial charge in [-0.1, -0.05) is 12.1 Å². The highest BCUT2D eigenvalue weighted by Gasteiger charge is 2.15. The summed E-state index contributed by atoms with van der Waals surface area (Å²) in [6.45, 7) is 3.81. The fraction of sp³-hybridized carbons (Fsp3) is 0.222. The molecule has 0 bridgehead atoms. The number of fused-ring (bicyclic) bond motifs is 1. The predicted molar refractivity (Wildman–Crippen MR) is 90.9 cm³/mol. The predicted octanol–water partition coefficient (Wildman–Crippen LogP) is 2.96. The Kier molecular flexibility index (Phi) is 3.78. The maximum Gasteiger partial charge on any atom is 0.166 e. The molecule has 6 heteroatoms. The molecule has 1 N–H and O–H groups in total. The fourth-order valence-corrected chi connectivity index (χ4v) is 2.73. The van der Waals surface area contributed by atoms with Crippen molar-refractivity contribution in [1.29, 1.82) is 0 Å². The average Bonchev–Trinajstić information content (AvgIpc) is 3.06. The molecular formula is C18H18N4O2. The van der Waals surface area contributed by atoms with Crippen molar-refractivity contribution in [3.8, 4) is 17.2 Å². The fourth-order valence-electron chi connectivity index (χ4n) is 2.73. The number of rotatable bonds is 4. The Morgan fingerprint density at radius 3 is 2.96 bits per heavy atom. The molecule has 24 heavy (non-hydrogen) atoms. The van der Waals surface area contributed by atoms with Crippen LogP contribution >= 0.6 is 0 Å². The van der Waals surface area contributed by atoms with Gasteiger partial charge in [0.05, 0.1) is 23.8 Å². The van der Waals surface area contributed by atoms with E-state index in [-0.39, 0.29) is 0 Å². The van der Waals surface area contributed by atoms with E-state index in [0.717, 1.165) is 34.0 Å². The molecule has 122 valence electrons. The van der Waals surface area contributed by atoms with Crippen LogP contribution in [0.2, 0.25) is 0 Å². The summed E-state index contributed by atoms with van der Waals surface area (Å²) in [6.07, 6.45) is 7.39. The molecule has 0 saturated carbocycles. The third-order valence-electron chi connectivity index (χ3n) is 3.87. The molecule has 2 aromatic heterocycles. The van der Waals surface area contributed by atoms with Gasteiger partial charge in [-0.05, 0) is 24.6 Å². The van der Waals surface area contributed by atoms with E-state index in [0.29, 0.717) is 19.8 Å². The van der Waals surface area contributed by atoms with Crippen LogP contribution in [0.15, 0.2) is 49.1 Å². The van der Waals surface area contributed by atoms with Gasteiger partial charge in [0.25, 0.3) is 0 Å². The van der Waals surface area contributed by atoms with E-state index >= 15 is 0 Å². The third-order valence-corrected chi connectivity index (χ3v) is 3.87. The number of aryl methyl sites for hydroxylation is 1. The molecule has 3 heterocycles. The van der Waals surface area contributed by atoms with Crippen LogP contribution in [0, 0.1) is 6.92 Å². The molecule has 3 aromatic rings. The van der Waals surface area contributed by atoms with Gasteiger partial charge in [0.1, 0.15) is 13.2 Å². The minimum Gasteiger partial charge on any atom is -0.486 e. The zero-order valence-corrected chi connectivity index (χ0v) is 13.4. The smallest absolute Gasteiger partial charge is 0.166 e. The molecule has 0 radical (unpaired) electrons. The summed E-state index contributed by atoms with van der Waals surface area (Å²) in [5.41, 5.74) is 4.04. The summed E-state index contributed by atoms with van der Waals surface area (Å²) in [4.78, 5) is 4.22. The Hall–Kier alpha value is -3.02. The molecule has 0 aliphatic carbocycles. The summed E-state index contributed by atoms with van der Waals surface area (Å²) in [5, 5.41) is 7.80. The van der Waals surface area contributed by atoms with Crippen LogP contribution < -0.4 is 14.8 Å². The number of anilines is 1. The van der Waals surface area contributed by atoms with E-state index in [1.807, 2.05) is 48.3 Å². The number of aromatic nitrogens is 3. The van der Waals surface area contributed by atoms with Gasteiger partial charge in [0.2, 0.25) is 0 Å². The second kappa shape index (κ2) is 6.23. The first-order valence-corrected chi connectivity index (χ1v) is 7.88. The second-order valence-corrected chi connectivity index (χ2v) is 5.65. The molecule has 0 unspecified atom stereocenters. The highest BCUT2D eigenvalue weighted by molar-refractivity contribution is 5.60. The molecule has 0 amide bonds. The van der Waals surface area contributed by atoms with Crippen LogP contribution in [-0.4, -0.2) is 28.0 Å². The number of hydrogen-bond donors (Lipinski definition) is 1. The van der Waals surface area contributed by atoms with Gasteiger partial charge in [-0.25, -0.2) is 4.68 Å². The number of nitrogens with zero attached hydrogens (tertiary/aromatic N) is 3. The normalized spacial score (nSPS) is 12.9. The lowest BCUT2D eigenvalue weighted by molar-refractivity contribution is 0.170. The van der Waals surface area contributed by atoms with Crippen molar-refractivity contribution in [1.82, 2.24) is 14.8 Å². The zero-order chi connectivity index (χ0) is 16.4. The summed E-state index contributed by atoms with van der Waals surface area (Å²) in [6, 6.07) is 7.88. The number of benzene rings is 1. The minimum absolute atomic E-state index is 0.578. The Balaban J connectivity index is 1.59. The first-order chi connectivity index (χ1) is 11.8. The van der Waals surface area contributed by atoms with Gasteiger partial charge in [-0.2, -0.15) is 5.10 Å². The van der Waals surface area contributed by atoms with Crippen molar-refractivity contribution in [2.75, 3.05) is 18.5 Å². The minimum atomic E-state index is 0.578. The Morgan fingerprint density at radius 2 is 2.08 bits per heavy atom. The largest absolute Gasteiger partial charge is 0.486 e. The van der Waals surface area contributed by atoms with E-state index in [9.17, 15) is 0 Å². The number of hydrogen-bond acceptors (Lipinski definition) is 5. The molecule has 1 aliphatic rings. The van der Waals surface area contributed by atoms with Crippen LogP contribution in [0.25, 0.3) is 5.69 Å². The van der Waals surface area contributed by atoms with Crippen LogP contribution in [-0.2, 0) is 6.54 Å². The lowest BCUT2D eigenvalue weighted by Gasteiger charge is -2.21. The number of ether oxygens (including phenoxy) is 2. The van der Waals surface area contributed by atoms with E-state index in [2.05, 4.69) is 15.4 Å². The molecule has 0 fully saturated rings. The Morgan fingerprint density at radius 1 is 1.17 bits per heavy atom. The van der Waals surface area contributed by atoms with Gasteiger partial charge in [0.15, 0.2) is 11.5 Å². The van der Waals surface area contributed by atoms with Crippen LogP contribution in [0.1, 0.15) is 11.1 Å². The van der Waals surface area contributed by atoms with E-state index < -0.39 is 0 Å². The first kappa shape index (κ1) is 14.6. The van der Waals surface area contributed by atoms with Crippen LogP contribution in [0.5, 0.6) is 11.5 Å². The van der Waals surface area contributed by atoms with E-state index in [1.165, 1.54) is 0 Å². The van der Waals surface area contributed by atoms with E-state index in [1.54, 1.807) is 12.4 Å². The maximum atomic E-state index is 5.76. The monoisotopic (exact) mass is 322 g/mol. The number of pyridine rings is 1. The second-order valence-electron chi connectivity index (χ2n) is 5.65. The van der Waals surface area contributed by atoms with Gasteiger partial charge in [-0.15, -0.1) is 0 Å². The molecule has 1 aromatic carbocycles. The Labute approximate surface area is 140 Å². The quantitative estimate of drug-likeness (QED) is 0.800. The van der Waals surface area contributed by atoms with Crippen LogP contribution in [0.4, 0.5) is 5.69 Å². The molecule has 0 spiro atoms. The molecule has 1 aliphatic heterocycles. The van der Waals surface area contributed by atoms with Crippen LogP contribution in [0.3, 0.4) is 0 Å². The highest BCUT2D eigenvalue weighted by Crippen LogP contribution is 2.34. The topological polar surface area (TPSA) is 61.2 Å². The molecule has 0 saturated heterocycles. The molecule has 0 atom stereocenters. The van der Waals surface area contributed by atoms with Crippen molar-refractivity contribution in [3.05, 3.63) is 60.2 Å². The molecular weight excluding hydrogens is 304 g/mol. The van der Waals surface area contributed by atoms with Gasteiger partial charge < -0.3 is 14.8 Å². The van der Waals surface area contributed by atoms with Crippen molar-refractivity contribution >= 4 is 5.69 Å². The number of nitrogens with one attached hydrogen (secondary N) is 1. The summed E-state index contributed by atoms with van der Waals surface area (Å²) < 4.78 is 13.2. The third kappa shape index (κ3) is 2.78. The summed E-state index contributed by atoms with van der Waals surface area (Å²) >= 11 is 0. The summed E-state index contributed by atoms with van der Waals surface area (Å²) in [7, 11) is 0. The van der Waals surface area contributed by atoms with Crippen molar-refractivity contribution < 1.29 is 9.47 Å². The standard InChI is InChI=1S/C18H18N4O2/c1-13-9-21-22(12-13)16-5-6-19-11-15(16)20-10-14-3-2-4-17-18(14)24-8-7-23-17/h2-6,9,11-12,20H,7-8,10H2,1H3. The van der Waals surface area contributed by atoms with Crippen molar-refractivity contribution in [3.63, 3.8) is 0 Å². The maximum absolute atomic E-state index is 5.76. The lowest BCUT2D eigenvalue weighted by atomic mass is 10.1. The van der Waals surface area contributed by atoms with Gasteiger partial charge >= 0.3 is 0 Å².